The molecule has 1 rings (SSSR count). The molecule has 1 amide bonds. The van der Waals surface area contributed by atoms with Crippen LogP contribution >= 0.6 is 0 Å². The van der Waals surface area contributed by atoms with Crippen molar-refractivity contribution in [3.63, 3.8) is 0 Å². The van der Waals surface area contributed by atoms with Crippen molar-refractivity contribution in [2.45, 2.75) is 45.2 Å². The van der Waals surface area contributed by atoms with Gasteiger partial charge in [-0.25, -0.2) is 0 Å². The number of likely N-dealkylation sites (N-methyl/N-ethyl adjacent to an activating group) is 1. The minimum Gasteiger partial charge on any atom is -0.508 e. The molecule has 1 aromatic carbocycles. The molecular weight excluding hydrogens is 240 g/mol. The van der Waals surface area contributed by atoms with E-state index in [2.05, 4.69) is 0 Å². The lowest BCUT2D eigenvalue weighted by molar-refractivity contribution is -0.137. The first-order valence-corrected chi connectivity index (χ1v) is 6.65. The number of hydrogen-bond donors (Lipinski definition) is 2. The first kappa shape index (κ1) is 15.5. The Morgan fingerprint density at radius 1 is 1.47 bits per heavy atom. The average molecular weight is 264 g/mol. The van der Waals surface area contributed by atoms with Crippen LogP contribution in [0.3, 0.4) is 0 Å². The van der Waals surface area contributed by atoms with Crippen LogP contribution in [0.4, 0.5) is 0 Å². The lowest BCUT2D eigenvalue weighted by Crippen LogP contribution is -2.52. The molecule has 0 radical (unpaired) electrons. The van der Waals surface area contributed by atoms with E-state index in [1.54, 1.807) is 31.0 Å². The van der Waals surface area contributed by atoms with Gasteiger partial charge < -0.3 is 15.7 Å². The zero-order chi connectivity index (χ0) is 14.6. The number of carbonyl (C=O) groups is 1. The van der Waals surface area contributed by atoms with Gasteiger partial charge in [-0.15, -0.1) is 0 Å². The van der Waals surface area contributed by atoms with Gasteiger partial charge in [-0.2, -0.15) is 0 Å². The highest BCUT2D eigenvalue weighted by atomic mass is 16.3. The van der Waals surface area contributed by atoms with Crippen LogP contribution in [0.5, 0.6) is 5.75 Å². The Kier molecular flexibility index (Phi) is 4.95. The van der Waals surface area contributed by atoms with E-state index in [1.165, 1.54) is 0 Å². The van der Waals surface area contributed by atoms with Gasteiger partial charge in [-0.3, -0.25) is 4.79 Å². The van der Waals surface area contributed by atoms with Gasteiger partial charge in [-0.1, -0.05) is 31.5 Å². The Morgan fingerprint density at radius 2 is 2.05 bits per heavy atom. The van der Waals surface area contributed by atoms with Crippen LogP contribution in [0.25, 0.3) is 0 Å². The molecule has 3 N–H and O–H groups in total. The molecule has 0 aromatic heterocycles. The molecule has 0 aliphatic rings. The molecule has 2 atom stereocenters. The number of para-hydroxylation sites is 1. The lowest BCUT2D eigenvalue weighted by atomic mass is 9.94. The molecule has 2 unspecified atom stereocenters. The standard InChI is InChI=1S/C15H24N2O2/c1-5-10-15(3,16)14(19)17(4)11(2)12-8-6-7-9-13(12)18/h6-9,11,18H,5,10,16H2,1-4H3. The van der Waals surface area contributed by atoms with Gasteiger partial charge in [0.05, 0.1) is 11.6 Å². The molecule has 19 heavy (non-hydrogen) atoms. The van der Waals surface area contributed by atoms with Gasteiger partial charge in [0.1, 0.15) is 5.75 Å². The fraction of sp³-hybridized carbons (Fsp3) is 0.533. The highest BCUT2D eigenvalue weighted by Crippen LogP contribution is 2.28. The van der Waals surface area contributed by atoms with E-state index in [9.17, 15) is 9.90 Å². The van der Waals surface area contributed by atoms with E-state index in [-0.39, 0.29) is 17.7 Å². The van der Waals surface area contributed by atoms with Gasteiger partial charge in [0.25, 0.3) is 0 Å². The fourth-order valence-corrected chi connectivity index (χ4v) is 2.25. The van der Waals surface area contributed by atoms with E-state index in [4.69, 9.17) is 5.73 Å². The molecule has 0 aliphatic carbocycles. The summed E-state index contributed by atoms with van der Waals surface area (Å²) in [5, 5.41) is 9.85. The van der Waals surface area contributed by atoms with Crippen LogP contribution in [0, 0.1) is 0 Å². The Labute approximate surface area is 115 Å². The summed E-state index contributed by atoms with van der Waals surface area (Å²) in [7, 11) is 1.72. The van der Waals surface area contributed by atoms with Crippen LogP contribution in [0.2, 0.25) is 0 Å². The number of benzene rings is 1. The lowest BCUT2D eigenvalue weighted by Gasteiger charge is -2.33. The molecule has 4 heteroatoms. The second kappa shape index (κ2) is 6.06. The molecule has 0 heterocycles. The number of carbonyl (C=O) groups excluding carboxylic acids is 1. The topological polar surface area (TPSA) is 66.6 Å². The Morgan fingerprint density at radius 3 is 2.58 bits per heavy atom. The first-order chi connectivity index (χ1) is 8.81. The molecule has 106 valence electrons. The van der Waals surface area contributed by atoms with Crippen molar-refractivity contribution in [3.8, 4) is 5.75 Å². The van der Waals surface area contributed by atoms with E-state index in [0.717, 1.165) is 12.0 Å². The molecule has 0 spiro atoms. The minimum absolute atomic E-state index is 0.106. The normalized spacial score (nSPS) is 15.6. The first-order valence-electron chi connectivity index (χ1n) is 6.65. The predicted molar refractivity (Wildman–Crippen MR) is 76.8 cm³/mol. The second-order valence-corrected chi connectivity index (χ2v) is 5.32. The molecule has 0 fully saturated rings. The maximum atomic E-state index is 12.4. The summed E-state index contributed by atoms with van der Waals surface area (Å²) in [6.45, 7) is 5.65. The molecule has 1 aromatic rings. The van der Waals surface area contributed by atoms with E-state index in [1.807, 2.05) is 26.0 Å². The predicted octanol–water partition coefficient (Wildman–Crippen LogP) is 2.43. The number of phenols is 1. The van der Waals surface area contributed by atoms with Crippen molar-refractivity contribution < 1.29 is 9.90 Å². The zero-order valence-electron chi connectivity index (χ0n) is 12.2. The number of amides is 1. The number of hydrogen-bond acceptors (Lipinski definition) is 3. The highest BCUT2D eigenvalue weighted by molar-refractivity contribution is 5.85. The molecule has 4 nitrogen and oxygen atoms in total. The number of rotatable bonds is 5. The second-order valence-electron chi connectivity index (χ2n) is 5.32. The van der Waals surface area contributed by atoms with Crippen LogP contribution in [-0.4, -0.2) is 28.5 Å². The SMILES string of the molecule is CCCC(C)(N)C(=O)N(C)C(C)c1ccccc1O. The summed E-state index contributed by atoms with van der Waals surface area (Å²) in [6.07, 6.45) is 1.50. The van der Waals surface area contributed by atoms with Crippen molar-refractivity contribution in [3.05, 3.63) is 29.8 Å². The third kappa shape index (κ3) is 3.47. The Hall–Kier alpha value is -1.55. The average Bonchev–Trinajstić information content (AvgIpc) is 2.36. The molecule has 0 bridgehead atoms. The minimum atomic E-state index is -0.859. The van der Waals surface area contributed by atoms with Gasteiger partial charge in [0.2, 0.25) is 5.91 Å². The van der Waals surface area contributed by atoms with Crippen LogP contribution in [-0.2, 0) is 4.79 Å². The molecule has 0 aliphatic heterocycles. The number of nitrogens with two attached hydrogens (primary N) is 1. The van der Waals surface area contributed by atoms with Gasteiger partial charge in [0.15, 0.2) is 0 Å². The van der Waals surface area contributed by atoms with E-state index < -0.39 is 5.54 Å². The summed E-state index contributed by atoms with van der Waals surface area (Å²) in [5.41, 5.74) is 5.94. The molecule has 0 saturated carbocycles. The van der Waals surface area contributed by atoms with Crippen molar-refractivity contribution in [2.75, 3.05) is 7.05 Å². The molecule has 0 saturated heterocycles. The largest absolute Gasteiger partial charge is 0.508 e. The van der Waals surface area contributed by atoms with Gasteiger partial charge >= 0.3 is 0 Å². The van der Waals surface area contributed by atoms with Gasteiger partial charge in [-0.05, 0) is 26.3 Å². The monoisotopic (exact) mass is 264 g/mol. The van der Waals surface area contributed by atoms with Crippen molar-refractivity contribution in [1.82, 2.24) is 4.90 Å². The Balaban J connectivity index is 2.91. The zero-order valence-corrected chi connectivity index (χ0v) is 12.2. The number of nitrogens with zero attached hydrogens (tertiary/aromatic N) is 1. The van der Waals surface area contributed by atoms with Crippen LogP contribution in [0.1, 0.15) is 45.2 Å². The fourth-order valence-electron chi connectivity index (χ4n) is 2.25. The van der Waals surface area contributed by atoms with Crippen molar-refractivity contribution >= 4 is 5.91 Å². The van der Waals surface area contributed by atoms with Crippen molar-refractivity contribution in [1.29, 1.82) is 0 Å². The summed E-state index contributed by atoms with van der Waals surface area (Å²) in [6, 6.07) is 6.83. The highest BCUT2D eigenvalue weighted by Gasteiger charge is 2.32. The quantitative estimate of drug-likeness (QED) is 0.858. The Bertz CT molecular complexity index is 444. The van der Waals surface area contributed by atoms with Gasteiger partial charge in [0, 0.05) is 12.6 Å². The summed E-state index contributed by atoms with van der Waals surface area (Å²) in [4.78, 5) is 14.0. The smallest absolute Gasteiger partial charge is 0.242 e. The van der Waals surface area contributed by atoms with E-state index >= 15 is 0 Å². The third-order valence-electron chi connectivity index (χ3n) is 3.55. The summed E-state index contributed by atoms with van der Waals surface area (Å²) in [5.74, 6) is 0.0916. The maximum Gasteiger partial charge on any atom is 0.242 e. The summed E-state index contributed by atoms with van der Waals surface area (Å²) >= 11 is 0. The molecular formula is C15H24N2O2. The third-order valence-corrected chi connectivity index (χ3v) is 3.55. The van der Waals surface area contributed by atoms with Crippen LogP contribution in [0.15, 0.2) is 24.3 Å². The summed E-state index contributed by atoms with van der Waals surface area (Å²) < 4.78 is 0. The number of aromatic hydroxyl groups is 1. The van der Waals surface area contributed by atoms with Crippen molar-refractivity contribution in [2.24, 2.45) is 5.73 Å². The van der Waals surface area contributed by atoms with E-state index in [0.29, 0.717) is 6.42 Å². The number of phenolic OH excluding ortho intramolecular Hbond substituents is 1. The van der Waals surface area contributed by atoms with Crippen LogP contribution < -0.4 is 5.73 Å². The maximum absolute atomic E-state index is 12.4.